The van der Waals surface area contributed by atoms with Crippen molar-refractivity contribution in [2.45, 2.75) is 25.8 Å². The Hall–Kier alpha value is -1.06. The molecule has 0 saturated heterocycles. The summed E-state index contributed by atoms with van der Waals surface area (Å²) in [6.07, 6.45) is 2.96. The molecule has 2 rings (SSSR count). The molecule has 0 heterocycles. The number of esters is 1. The molecule has 1 aliphatic carbocycles. The highest BCUT2D eigenvalue weighted by Crippen LogP contribution is 2.41. The molecule has 1 aromatic carbocycles. The third-order valence-electron chi connectivity index (χ3n) is 3.63. The summed E-state index contributed by atoms with van der Waals surface area (Å²) < 4.78 is 4.88. The van der Waals surface area contributed by atoms with Gasteiger partial charge in [0.2, 0.25) is 0 Å². The summed E-state index contributed by atoms with van der Waals surface area (Å²) in [6, 6.07) is 7.72. The second kappa shape index (κ2) is 5.72. The second-order valence-electron chi connectivity index (χ2n) is 4.86. The molecule has 1 aromatic rings. The lowest BCUT2D eigenvalue weighted by Crippen LogP contribution is -2.46. The molecule has 1 saturated carbocycles. The van der Waals surface area contributed by atoms with Crippen LogP contribution in [0.15, 0.2) is 24.3 Å². The third-order valence-corrected chi connectivity index (χ3v) is 3.89. The van der Waals surface area contributed by atoms with Crippen LogP contribution in [0.1, 0.15) is 24.8 Å². The number of carbonyl (C=O) groups is 1. The molecule has 0 unspecified atom stereocenters. The van der Waals surface area contributed by atoms with E-state index in [0.717, 1.165) is 30.8 Å². The summed E-state index contributed by atoms with van der Waals surface area (Å²) in [7, 11) is 1.46. The van der Waals surface area contributed by atoms with Crippen LogP contribution in [0.5, 0.6) is 0 Å². The van der Waals surface area contributed by atoms with E-state index in [1.807, 2.05) is 24.3 Å². The van der Waals surface area contributed by atoms with E-state index in [-0.39, 0.29) is 11.4 Å². The molecular weight excluding hydrogens is 250 g/mol. The highest BCUT2D eigenvalue weighted by atomic mass is 35.5. The van der Waals surface area contributed by atoms with Gasteiger partial charge in [0.05, 0.1) is 12.5 Å². The van der Waals surface area contributed by atoms with Crippen molar-refractivity contribution in [1.29, 1.82) is 0 Å². The molecule has 18 heavy (non-hydrogen) atoms. The van der Waals surface area contributed by atoms with Crippen molar-refractivity contribution in [2.75, 3.05) is 13.7 Å². The highest BCUT2D eigenvalue weighted by molar-refractivity contribution is 6.30. The van der Waals surface area contributed by atoms with Crippen LogP contribution in [0.25, 0.3) is 0 Å². The van der Waals surface area contributed by atoms with Crippen molar-refractivity contribution in [2.24, 2.45) is 5.41 Å². The summed E-state index contributed by atoms with van der Waals surface area (Å²) in [4.78, 5) is 11.7. The van der Waals surface area contributed by atoms with Gasteiger partial charge < -0.3 is 10.1 Å². The summed E-state index contributed by atoms with van der Waals surface area (Å²) in [5.41, 5.74) is 0.875. The van der Waals surface area contributed by atoms with Crippen LogP contribution < -0.4 is 5.32 Å². The number of benzene rings is 1. The lowest BCUT2D eigenvalue weighted by atomic mass is 9.68. The fourth-order valence-electron chi connectivity index (χ4n) is 2.32. The van der Waals surface area contributed by atoms with Crippen LogP contribution in [-0.2, 0) is 16.1 Å². The van der Waals surface area contributed by atoms with Crippen LogP contribution >= 0.6 is 11.6 Å². The van der Waals surface area contributed by atoms with Crippen LogP contribution in [0.2, 0.25) is 5.02 Å². The van der Waals surface area contributed by atoms with Gasteiger partial charge in [-0.05, 0) is 30.5 Å². The van der Waals surface area contributed by atoms with Gasteiger partial charge in [0.15, 0.2) is 0 Å². The van der Waals surface area contributed by atoms with E-state index in [1.54, 1.807) is 0 Å². The Morgan fingerprint density at radius 3 is 2.56 bits per heavy atom. The number of hydrogen-bond donors (Lipinski definition) is 1. The maximum atomic E-state index is 11.7. The molecule has 1 N–H and O–H groups in total. The van der Waals surface area contributed by atoms with Crippen molar-refractivity contribution in [1.82, 2.24) is 5.32 Å². The van der Waals surface area contributed by atoms with Gasteiger partial charge >= 0.3 is 5.97 Å². The monoisotopic (exact) mass is 267 g/mol. The minimum absolute atomic E-state index is 0.0858. The van der Waals surface area contributed by atoms with E-state index in [2.05, 4.69) is 5.32 Å². The Kier molecular flexibility index (Phi) is 4.25. The zero-order valence-corrected chi connectivity index (χ0v) is 11.3. The molecule has 3 nitrogen and oxygen atoms in total. The third kappa shape index (κ3) is 2.85. The molecule has 1 fully saturated rings. The Bertz CT molecular complexity index is 412. The van der Waals surface area contributed by atoms with Gasteiger partial charge in [-0.3, -0.25) is 4.79 Å². The average molecular weight is 268 g/mol. The van der Waals surface area contributed by atoms with Gasteiger partial charge in [-0.25, -0.2) is 0 Å². The van der Waals surface area contributed by atoms with Gasteiger partial charge in [0.1, 0.15) is 0 Å². The SMILES string of the molecule is COC(=O)C1(CNCc2ccc(Cl)cc2)CCC1. The van der Waals surface area contributed by atoms with Crippen LogP contribution in [0.3, 0.4) is 0 Å². The topological polar surface area (TPSA) is 38.3 Å². The van der Waals surface area contributed by atoms with Crippen molar-refractivity contribution >= 4 is 17.6 Å². The zero-order chi connectivity index (χ0) is 13.0. The molecule has 4 heteroatoms. The fourth-order valence-corrected chi connectivity index (χ4v) is 2.45. The molecule has 1 aliphatic rings. The Morgan fingerprint density at radius 2 is 2.06 bits per heavy atom. The van der Waals surface area contributed by atoms with E-state index >= 15 is 0 Å². The summed E-state index contributed by atoms with van der Waals surface area (Å²) in [5.74, 6) is -0.0858. The van der Waals surface area contributed by atoms with Crippen LogP contribution in [-0.4, -0.2) is 19.6 Å². The van der Waals surface area contributed by atoms with Crippen molar-refractivity contribution in [3.05, 3.63) is 34.9 Å². The molecular formula is C14H18ClNO2. The number of rotatable bonds is 5. The van der Waals surface area contributed by atoms with Gasteiger partial charge in [-0.2, -0.15) is 0 Å². The molecule has 0 bridgehead atoms. The van der Waals surface area contributed by atoms with Crippen LogP contribution in [0.4, 0.5) is 0 Å². The summed E-state index contributed by atoms with van der Waals surface area (Å²) >= 11 is 5.83. The normalized spacial score (nSPS) is 17.0. The maximum absolute atomic E-state index is 11.7. The molecule has 0 aliphatic heterocycles. The van der Waals surface area contributed by atoms with Crippen molar-refractivity contribution in [3.63, 3.8) is 0 Å². The standard InChI is InChI=1S/C14H18ClNO2/c1-18-13(17)14(7-2-8-14)10-16-9-11-3-5-12(15)6-4-11/h3-6,16H,2,7-10H2,1H3. The molecule has 0 aromatic heterocycles. The minimum atomic E-state index is -0.291. The zero-order valence-electron chi connectivity index (χ0n) is 10.5. The second-order valence-corrected chi connectivity index (χ2v) is 5.29. The number of methoxy groups -OCH3 is 1. The first kappa shape index (κ1) is 13.4. The number of ether oxygens (including phenoxy) is 1. The van der Waals surface area contributed by atoms with Gasteiger partial charge in [0.25, 0.3) is 0 Å². The van der Waals surface area contributed by atoms with Gasteiger partial charge in [-0.15, -0.1) is 0 Å². The predicted molar refractivity (Wildman–Crippen MR) is 71.5 cm³/mol. The predicted octanol–water partition coefficient (Wildman–Crippen LogP) is 2.77. The van der Waals surface area contributed by atoms with Gasteiger partial charge in [-0.1, -0.05) is 30.2 Å². The summed E-state index contributed by atoms with van der Waals surface area (Å²) in [6.45, 7) is 1.43. The van der Waals surface area contributed by atoms with Crippen molar-refractivity contribution < 1.29 is 9.53 Å². The number of hydrogen-bond acceptors (Lipinski definition) is 3. The minimum Gasteiger partial charge on any atom is -0.469 e. The highest BCUT2D eigenvalue weighted by Gasteiger charge is 2.44. The molecule has 98 valence electrons. The fraction of sp³-hybridized carbons (Fsp3) is 0.500. The van der Waals surface area contributed by atoms with E-state index in [0.29, 0.717) is 6.54 Å². The molecule has 0 atom stereocenters. The smallest absolute Gasteiger partial charge is 0.313 e. The quantitative estimate of drug-likeness (QED) is 0.834. The van der Waals surface area contributed by atoms with E-state index < -0.39 is 0 Å². The van der Waals surface area contributed by atoms with Crippen molar-refractivity contribution in [3.8, 4) is 0 Å². The van der Waals surface area contributed by atoms with E-state index in [9.17, 15) is 4.79 Å². The largest absolute Gasteiger partial charge is 0.469 e. The van der Waals surface area contributed by atoms with E-state index in [1.165, 1.54) is 12.7 Å². The Morgan fingerprint density at radius 1 is 1.39 bits per heavy atom. The van der Waals surface area contributed by atoms with Gasteiger partial charge in [0, 0.05) is 18.1 Å². The average Bonchev–Trinajstić information content (AvgIpc) is 2.34. The molecule has 0 radical (unpaired) electrons. The Balaban J connectivity index is 1.84. The van der Waals surface area contributed by atoms with Crippen LogP contribution in [0, 0.1) is 5.41 Å². The molecule has 0 amide bonds. The molecule has 0 spiro atoms. The Labute approximate surface area is 112 Å². The summed E-state index contributed by atoms with van der Waals surface area (Å²) in [5, 5.41) is 4.07. The first-order chi connectivity index (χ1) is 8.66. The van der Waals surface area contributed by atoms with E-state index in [4.69, 9.17) is 16.3 Å². The first-order valence-electron chi connectivity index (χ1n) is 6.20. The number of carbonyl (C=O) groups excluding carboxylic acids is 1. The first-order valence-corrected chi connectivity index (χ1v) is 6.58. The maximum Gasteiger partial charge on any atom is 0.313 e. The number of nitrogens with one attached hydrogen (secondary N) is 1. The lowest BCUT2D eigenvalue weighted by Gasteiger charge is -2.39. The lowest BCUT2D eigenvalue weighted by molar-refractivity contribution is -0.158. The number of halogens is 1.